The Balaban J connectivity index is 2.13. The first-order valence-electron chi connectivity index (χ1n) is 4.61. The Labute approximate surface area is 110 Å². The standard InChI is InChI=1S/C8H5ClN4O3S2/c9-6-7(13-1-2-17-8(13)11-6)18(14,15)12-5-3-10-16-4-5/h1-4,12H. The maximum absolute atomic E-state index is 12.2. The molecule has 3 aromatic heterocycles. The van der Waals surface area contributed by atoms with Gasteiger partial charge in [0.2, 0.25) is 0 Å². The van der Waals surface area contributed by atoms with Gasteiger partial charge in [-0.1, -0.05) is 16.8 Å². The van der Waals surface area contributed by atoms with Gasteiger partial charge in [0.15, 0.2) is 15.1 Å². The fraction of sp³-hybridized carbons (Fsp3) is 0. The lowest BCUT2D eigenvalue weighted by Crippen LogP contribution is -2.14. The predicted molar refractivity (Wildman–Crippen MR) is 65.4 cm³/mol. The molecule has 0 aliphatic heterocycles. The minimum absolute atomic E-state index is 0.0780. The van der Waals surface area contributed by atoms with Crippen molar-refractivity contribution in [1.29, 1.82) is 0 Å². The molecule has 0 saturated carbocycles. The summed E-state index contributed by atoms with van der Waals surface area (Å²) in [4.78, 5) is 4.46. The predicted octanol–water partition coefficient (Wildman–Crippen LogP) is 1.84. The van der Waals surface area contributed by atoms with Crippen LogP contribution in [0, 0.1) is 0 Å². The van der Waals surface area contributed by atoms with Crippen molar-refractivity contribution in [2.24, 2.45) is 0 Å². The second kappa shape index (κ2) is 3.97. The summed E-state index contributed by atoms with van der Waals surface area (Å²) in [6, 6.07) is 0. The number of halogens is 1. The molecule has 0 saturated heterocycles. The number of nitrogens with one attached hydrogen (secondary N) is 1. The number of anilines is 1. The molecule has 94 valence electrons. The quantitative estimate of drug-likeness (QED) is 0.797. The van der Waals surface area contributed by atoms with Gasteiger partial charge in [-0.15, -0.1) is 11.3 Å². The molecule has 3 aromatic rings. The van der Waals surface area contributed by atoms with E-state index >= 15 is 0 Å². The SMILES string of the molecule is O=S(=O)(Nc1cnoc1)c1c(Cl)nc2sccn12. The molecule has 0 bridgehead atoms. The summed E-state index contributed by atoms with van der Waals surface area (Å²) in [5.41, 5.74) is 0.219. The highest BCUT2D eigenvalue weighted by Crippen LogP contribution is 2.26. The molecule has 0 fully saturated rings. The lowest BCUT2D eigenvalue weighted by molar-refractivity contribution is 0.420. The molecule has 0 aliphatic carbocycles. The van der Waals surface area contributed by atoms with E-state index in [1.807, 2.05) is 0 Å². The summed E-state index contributed by atoms with van der Waals surface area (Å²) in [6.45, 7) is 0. The first-order valence-corrected chi connectivity index (χ1v) is 7.35. The third-order valence-electron chi connectivity index (χ3n) is 2.12. The van der Waals surface area contributed by atoms with Crippen LogP contribution in [0.4, 0.5) is 5.69 Å². The molecule has 0 aromatic carbocycles. The van der Waals surface area contributed by atoms with Gasteiger partial charge in [-0.3, -0.25) is 9.12 Å². The molecule has 0 atom stereocenters. The van der Waals surface area contributed by atoms with E-state index in [1.165, 1.54) is 28.2 Å². The number of fused-ring (bicyclic) bond motifs is 1. The molecule has 0 aliphatic rings. The smallest absolute Gasteiger partial charge is 0.281 e. The molecule has 18 heavy (non-hydrogen) atoms. The van der Waals surface area contributed by atoms with E-state index in [-0.39, 0.29) is 15.9 Å². The fourth-order valence-corrected chi connectivity index (χ4v) is 3.92. The summed E-state index contributed by atoms with van der Waals surface area (Å²) >= 11 is 7.14. The molecule has 3 rings (SSSR count). The van der Waals surface area contributed by atoms with Crippen LogP contribution in [0.3, 0.4) is 0 Å². The number of aromatic nitrogens is 3. The van der Waals surface area contributed by atoms with Crippen LogP contribution < -0.4 is 4.72 Å². The highest BCUT2D eigenvalue weighted by Gasteiger charge is 2.25. The van der Waals surface area contributed by atoms with Crippen LogP contribution >= 0.6 is 22.9 Å². The van der Waals surface area contributed by atoms with Gasteiger partial charge in [-0.25, -0.2) is 4.98 Å². The van der Waals surface area contributed by atoms with Gasteiger partial charge in [-0.2, -0.15) is 8.42 Å². The Morgan fingerprint density at radius 2 is 2.33 bits per heavy atom. The molecule has 0 spiro atoms. The Hall–Kier alpha value is -1.58. The van der Waals surface area contributed by atoms with Crippen molar-refractivity contribution in [2.45, 2.75) is 5.03 Å². The van der Waals surface area contributed by atoms with Crippen molar-refractivity contribution in [2.75, 3.05) is 4.72 Å². The molecule has 3 heterocycles. The topological polar surface area (TPSA) is 89.5 Å². The molecular weight excluding hydrogens is 300 g/mol. The fourth-order valence-electron chi connectivity index (χ4n) is 1.44. The number of imidazole rings is 1. The van der Waals surface area contributed by atoms with Crippen LogP contribution in [0.25, 0.3) is 4.96 Å². The number of nitrogens with zero attached hydrogens (tertiary/aromatic N) is 3. The summed E-state index contributed by atoms with van der Waals surface area (Å²) < 4.78 is 32.6. The first-order chi connectivity index (χ1) is 8.58. The Morgan fingerprint density at radius 1 is 1.50 bits per heavy atom. The van der Waals surface area contributed by atoms with Crippen molar-refractivity contribution in [3.05, 3.63) is 29.2 Å². The number of hydrogen-bond acceptors (Lipinski definition) is 6. The lowest BCUT2D eigenvalue weighted by Gasteiger charge is -2.03. The van der Waals surface area contributed by atoms with E-state index in [2.05, 4.69) is 19.4 Å². The van der Waals surface area contributed by atoms with E-state index in [0.29, 0.717) is 4.96 Å². The zero-order valence-electron chi connectivity index (χ0n) is 8.57. The molecule has 0 unspecified atom stereocenters. The molecule has 0 amide bonds. The molecular formula is C8H5ClN4O3S2. The van der Waals surface area contributed by atoms with Gasteiger partial charge in [0.05, 0.1) is 6.20 Å². The Bertz CT molecular complexity index is 790. The number of hydrogen-bond donors (Lipinski definition) is 1. The lowest BCUT2D eigenvalue weighted by atomic mass is 10.6. The van der Waals surface area contributed by atoms with Crippen molar-refractivity contribution < 1.29 is 12.9 Å². The Kier molecular flexibility index (Phi) is 2.54. The number of rotatable bonds is 3. The van der Waals surface area contributed by atoms with Crippen LogP contribution in [0.2, 0.25) is 5.15 Å². The highest BCUT2D eigenvalue weighted by molar-refractivity contribution is 7.92. The van der Waals surface area contributed by atoms with Crippen LogP contribution in [0.1, 0.15) is 0 Å². The highest BCUT2D eigenvalue weighted by atomic mass is 35.5. The third-order valence-corrected chi connectivity index (χ3v) is 4.65. The molecule has 10 heteroatoms. The van der Waals surface area contributed by atoms with E-state index in [1.54, 1.807) is 11.6 Å². The maximum atomic E-state index is 12.2. The average Bonchev–Trinajstić information content (AvgIpc) is 2.92. The van der Waals surface area contributed by atoms with Gasteiger partial charge in [0.25, 0.3) is 10.0 Å². The number of thiazole rings is 1. The van der Waals surface area contributed by atoms with Gasteiger partial charge in [0.1, 0.15) is 12.0 Å². The van der Waals surface area contributed by atoms with Gasteiger partial charge in [-0.05, 0) is 0 Å². The third kappa shape index (κ3) is 1.76. The van der Waals surface area contributed by atoms with Crippen LogP contribution in [-0.4, -0.2) is 23.0 Å². The zero-order chi connectivity index (χ0) is 12.8. The first kappa shape index (κ1) is 11.5. The van der Waals surface area contributed by atoms with Gasteiger partial charge >= 0.3 is 0 Å². The second-order valence-corrected chi connectivity index (χ2v) is 6.11. The average molecular weight is 305 g/mol. The molecule has 7 nitrogen and oxygen atoms in total. The maximum Gasteiger partial charge on any atom is 0.281 e. The van der Waals surface area contributed by atoms with E-state index in [4.69, 9.17) is 11.6 Å². The summed E-state index contributed by atoms with van der Waals surface area (Å²) in [5, 5.41) is 4.94. The zero-order valence-corrected chi connectivity index (χ0v) is 11.0. The number of sulfonamides is 1. The van der Waals surface area contributed by atoms with Crippen LogP contribution in [0.15, 0.2) is 33.6 Å². The van der Waals surface area contributed by atoms with Gasteiger partial charge in [0, 0.05) is 11.6 Å². The normalized spacial score (nSPS) is 12.1. The van der Waals surface area contributed by atoms with Crippen molar-refractivity contribution in [3.63, 3.8) is 0 Å². The van der Waals surface area contributed by atoms with Gasteiger partial charge < -0.3 is 4.52 Å². The summed E-state index contributed by atoms with van der Waals surface area (Å²) in [7, 11) is -3.84. The monoisotopic (exact) mass is 304 g/mol. The second-order valence-electron chi connectivity index (χ2n) is 3.28. The minimum atomic E-state index is -3.84. The molecule has 1 N–H and O–H groups in total. The summed E-state index contributed by atoms with van der Waals surface area (Å²) in [6.07, 6.45) is 4.01. The summed E-state index contributed by atoms with van der Waals surface area (Å²) in [5.74, 6) is 0. The minimum Gasteiger partial charge on any atom is -0.362 e. The van der Waals surface area contributed by atoms with Crippen molar-refractivity contribution >= 4 is 43.6 Å². The van der Waals surface area contributed by atoms with Crippen LogP contribution in [-0.2, 0) is 10.0 Å². The largest absolute Gasteiger partial charge is 0.362 e. The van der Waals surface area contributed by atoms with Crippen molar-refractivity contribution in [3.8, 4) is 0 Å². The molecule has 0 radical (unpaired) electrons. The van der Waals surface area contributed by atoms with Crippen LogP contribution in [0.5, 0.6) is 0 Å². The van der Waals surface area contributed by atoms with E-state index < -0.39 is 10.0 Å². The van der Waals surface area contributed by atoms with Crippen molar-refractivity contribution in [1.82, 2.24) is 14.5 Å². The van der Waals surface area contributed by atoms with E-state index in [9.17, 15) is 8.42 Å². The van der Waals surface area contributed by atoms with E-state index in [0.717, 1.165) is 0 Å². The Morgan fingerprint density at radius 3 is 3.06 bits per heavy atom.